The lowest BCUT2D eigenvalue weighted by Crippen LogP contribution is -2.36. The predicted molar refractivity (Wildman–Crippen MR) is 78.5 cm³/mol. The highest BCUT2D eigenvalue weighted by atomic mass is 16.5. The molecule has 1 rings (SSSR count). The van der Waals surface area contributed by atoms with Crippen molar-refractivity contribution in [1.29, 1.82) is 0 Å². The van der Waals surface area contributed by atoms with Crippen molar-refractivity contribution in [3.63, 3.8) is 0 Å². The number of aliphatic carboxylic acids is 1. The van der Waals surface area contributed by atoms with Crippen LogP contribution >= 0.6 is 0 Å². The maximum Gasteiger partial charge on any atom is 0.305 e. The van der Waals surface area contributed by atoms with Crippen molar-refractivity contribution in [3.05, 3.63) is 29.8 Å². The summed E-state index contributed by atoms with van der Waals surface area (Å²) in [6, 6.07) is 7.36. The number of aryl methyl sites for hydroxylation is 1. The Kier molecular flexibility index (Phi) is 7.42. The molecule has 0 spiro atoms. The van der Waals surface area contributed by atoms with Crippen molar-refractivity contribution < 1.29 is 24.2 Å². The fraction of sp³-hybridized carbons (Fsp3) is 0.467. The molecule has 0 saturated carbocycles. The molecular weight excluding hydrogens is 274 g/mol. The van der Waals surface area contributed by atoms with Crippen LogP contribution in [0.5, 0.6) is 0 Å². The summed E-state index contributed by atoms with van der Waals surface area (Å²) in [7, 11) is 1.55. The maximum atomic E-state index is 12.2. The summed E-state index contributed by atoms with van der Waals surface area (Å²) in [4.78, 5) is 24.4. The number of ether oxygens (including phenoxy) is 2. The molecule has 0 aromatic heterocycles. The average Bonchev–Trinajstić information content (AvgIpc) is 2.45. The van der Waals surface area contributed by atoms with Gasteiger partial charge < -0.3 is 19.5 Å². The van der Waals surface area contributed by atoms with Crippen molar-refractivity contribution in [3.8, 4) is 0 Å². The van der Waals surface area contributed by atoms with Crippen molar-refractivity contribution in [2.45, 2.75) is 13.3 Å². The van der Waals surface area contributed by atoms with Crippen LogP contribution in [0.1, 0.15) is 12.0 Å². The van der Waals surface area contributed by atoms with Gasteiger partial charge in [0.1, 0.15) is 6.61 Å². The van der Waals surface area contributed by atoms with Gasteiger partial charge in [-0.25, -0.2) is 0 Å². The maximum absolute atomic E-state index is 12.2. The molecule has 21 heavy (non-hydrogen) atoms. The van der Waals surface area contributed by atoms with Crippen LogP contribution in [0.15, 0.2) is 24.3 Å². The Labute approximate surface area is 124 Å². The highest BCUT2D eigenvalue weighted by Crippen LogP contribution is 2.20. The third-order valence-corrected chi connectivity index (χ3v) is 2.91. The quantitative estimate of drug-likeness (QED) is 0.698. The molecular formula is C15H21NO5. The van der Waals surface area contributed by atoms with Crippen LogP contribution in [-0.4, -0.2) is 50.5 Å². The molecule has 0 aliphatic carbocycles. The summed E-state index contributed by atoms with van der Waals surface area (Å²) in [5.41, 5.74) is 1.62. The SMILES string of the molecule is COCCOCC(=O)N(CCC(=O)O)c1ccccc1C. The van der Waals surface area contributed by atoms with Gasteiger partial charge in [-0.3, -0.25) is 9.59 Å². The number of para-hydroxylation sites is 1. The topological polar surface area (TPSA) is 76.1 Å². The first kappa shape index (κ1) is 17.1. The lowest BCUT2D eigenvalue weighted by Gasteiger charge is -2.24. The van der Waals surface area contributed by atoms with Gasteiger partial charge in [0, 0.05) is 19.3 Å². The van der Waals surface area contributed by atoms with E-state index in [4.69, 9.17) is 14.6 Å². The smallest absolute Gasteiger partial charge is 0.305 e. The van der Waals surface area contributed by atoms with Crippen molar-refractivity contribution in [2.75, 3.05) is 38.4 Å². The van der Waals surface area contributed by atoms with Crippen LogP contribution in [0.25, 0.3) is 0 Å². The van der Waals surface area contributed by atoms with E-state index in [1.165, 1.54) is 4.90 Å². The first-order valence-corrected chi connectivity index (χ1v) is 6.70. The largest absolute Gasteiger partial charge is 0.481 e. The molecule has 6 nitrogen and oxygen atoms in total. The normalized spacial score (nSPS) is 10.4. The minimum Gasteiger partial charge on any atom is -0.481 e. The van der Waals surface area contributed by atoms with Crippen LogP contribution in [0.4, 0.5) is 5.69 Å². The van der Waals surface area contributed by atoms with Crippen molar-refractivity contribution >= 4 is 17.6 Å². The Bertz CT molecular complexity index is 475. The minimum absolute atomic E-state index is 0.0999. The third kappa shape index (κ3) is 5.93. The molecule has 1 aromatic rings. The Balaban J connectivity index is 2.74. The molecule has 0 fully saturated rings. The Morgan fingerprint density at radius 3 is 2.57 bits per heavy atom. The molecule has 0 atom stereocenters. The van der Waals surface area contributed by atoms with Gasteiger partial charge in [-0.15, -0.1) is 0 Å². The number of nitrogens with zero attached hydrogens (tertiary/aromatic N) is 1. The first-order chi connectivity index (χ1) is 10.1. The summed E-state index contributed by atoms with van der Waals surface area (Å²) in [5, 5.41) is 8.82. The number of methoxy groups -OCH3 is 1. The standard InChI is InChI=1S/C15H21NO5/c1-12-5-3-4-6-13(12)16(8-7-15(18)19)14(17)11-21-10-9-20-2/h3-6H,7-11H2,1-2H3,(H,18,19). The average molecular weight is 295 g/mol. The number of carbonyl (C=O) groups excluding carboxylic acids is 1. The number of carbonyl (C=O) groups is 2. The molecule has 1 aromatic carbocycles. The van der Waals surface area contributed by atoms with Gasteiger partial charge in [-0.2, -0.15) is 0 Å². The van der Waals surface area contributed by atoms with E-state index < -0.39 is 5.97 Å². The Hall–Kier alpha value is -1.92. The van der Waals surface area contributed by atoms with E-state index in [2.05, 4.69) is 0 Å². The van der Waals surface area contributed by atoms with E-state index in [1.54, 1.807) is 13.2 Å². The number of amides is 1. The van der Waals surface area contributed by atoms with E-state index in [9.17, 15) is 9.59 Å². The predicted octanol–water partition coefficient (Wildman–Crippen LogP) is 1.47. The molecule has 0 aliphatic heterocycles. The van der Waals surface area contributed by atoms with E-state index in [0.717, 1.165) is 5.56 Å². The van der Waals surface area contributed by atoms with Crippen LogP contribution < -0.4 is 4.90 Å². The number of carboxylic acid groups (broad SMARTS) is 1. The zero-order valence-electron chi connectivity index (χ0n) is 12.4. The lowest BCUT2D eigenvalue weighted by atomic mass is 10.1. The van der Waals surface area contributed by atoms with Crippen molar-refractivity contribution in [2.24, 2.45) is 0 Å². The zero-order chi connectivity index (χ0) is 15.7. The molecule has 0 bridgehead atoms. The van der Waals surface area contributed by atoms with Crippen molar-refractivity contribution in [1.82, 2.24) is 0 Å². The second-order valence-corrected chi connectivity index (χ2v) is 4.52. The summed E-state index contributed by atoms with van der Waals surface area (Å²) in [6.07, 6.45) is -0.113. The third-order valence-electron chi connectivity index (χ3n) is 2.91. The number of rotatable bonds is 9. The Morgan fingerprint density at radius 2 is 1.95 bits per heavy atom. The number of anilines is 1. The number of hydrogen-bond acceptors (Lipinski definition) is 4. The van der Waals surface area contributed by atoms with E-state index in [1.807, 2.05) is 25.1 Å². The molecule has 6 heteroatoms. The lowest BCUT2D eigenvalue weighted by molar-refractivity contribution is -0.136. The molecule has 1 amide bonds. The molecule has 1 N–H and O–H groups in total. The zero-order valence-corrected chi connectivity index (χ0v) is 12.4. The summed E-state index contributed by atoms with van der Waals surface area (Å²) in [5.74, 6) is -1.21. The first-order valence-electron chi connectivity index (χ1n) is 6.70. The molecule has 0 radical (unpaired) electrons. The second kappa shape index (κ2) is 9.10. The highest BCUT2D eigenvalue weighted by Gasteiger charge is 2.18. The second-order valence-electron chi connectivity index (χ2n) is 4.52. The van der Waals surface area contributed by atoms with Gasteiger partial charge in [-0.1, -0.05) is 18.2 Å². The summed E-state index contributed by atoms with van der Waals surface area (Å²) in [6.45, 7) is 2.63. The van der Waals surface area contributed by atoms with Crippen LogP contribution in [0.3, 0.4) is 0 Å². The van der Waals surface area contributed by atoms with Gasteiger partial charge in [0.15, 0.2) is 0 Å². The highest BCUT2D eigenvalue weighted by molar-refractivity contribution is 5.95. The molecule has 116 valence electrons. The fourth-order valence-corrected chi connectivity index (χ4v) is 1.83. The van der Waals surface area contributed by atoms with Crippen LogP contribution in [0.2, 0.25) is 0 Å². The minimum atomic E-state index is -0.943. The summed E-state index contributed by atoms with van der Waals surface area (Å²) >= 11 is 0. The molecule has 0 saturated heterocycles. The monoisotopic (exact) mass is 295 g/mol. The number of benzene rings is 1. The molecule has 0 heterocycles. The molecule has 0 aliphatic rings. The number of carboxylic acids is 1. The van der Waals surface area contributed by atoms with E-state index in [0.29, 0.717) is 18.9 Å². The van der Waals surface area contributed by atoms with Gasteiger partial charge in [0.2, 0.25) is 0 Å². The van der Waals surface area contributed by atoms with E-state index >= 15 is 0 Å². The van der Waals surface area contributed by atoms with Gasteiger partial charge >= 0.3 is 5.97 Å². The fourth-order valence-electron chi connectivity index (χ4n) is 1.83. The molecule has 0 unspecified atom stereocenters. The number of hydrogen-bond donors (Lipinski definition) is 1. The van der Waals surface area contributed by atoms with Crippen LogP contribution in [-0.2, 0) is 19.1 Å². The Morgan fingerprint density at radius 1 is 1.24 bits per heavy atom. The van der Waals surface area contributed by atoms with Gasteiger partial charge in [0.05, 0.1) is 19.6 Å². The van der Waals surface area contributed by atoms with E-state index in [-0.39, 0.29) is 25.5 Å². The van der Waals surface area contributed by atoms with Crippen LogP contribution in [0, 0.1) is 6.92 Å². The van der Waals surface area contributed by atoms with Gasteiger partial charge in [-0.05, 0) is 18.6 Å². The van der Waals surface area contributed by atoms with Gasteiger partial charge in [0.25, 0.3) is 5.91 Å². The summed E-state index contributed by atoms with van der Waals surface area (Å²) < 4.78 is 10.1.